The van der Waals surface area contributed by atoms with Crippen LogP contribution in [0.3, 0.4) is 0 Å². The number of amides is 1. The van der Waals surface area contributed by atoms with Gasteiger partial charge in [0.25, 0.3) is 0 Å². The molecule has 0 aliphatic carbocycles. The minimum absolute atomic E-state index is 0.00230. The van der Waals surface area contributed by atoms with Crippen molar-refractivity contribution in [3.63, 3.8) is 0 Å². The van der Waals surface area contributed by atoms with Crippen molar-refractivity contribution >= 4 is 11.6 Å². The molecule has 144 valence electrons. The van der Waals surface area contributed by atoms with Gasteiger partial charge in [0.1, 0.15) is 18.2 Å². The second-order valence-electron chi connectivity index (χ2n) is 7.03. The number of hydrogen-bond donors (Lipinski definition) is 2. The number of nitrogens with zero attached hydrogens (tertiary/aromatic N) is 1. The molecule has 2 aromatic carbocycles. The highest BCUT2D eigenvalue weighted by atomic mass is 19.1. The fourth-order valence-corrected chi connectivity index (χ4v) is 3.49. The first-order valence-electron chi connectivity index (χ1n) is 9.29. The highest BCUT2D eigenvalue weighted by molar-refractivity contribution is 5.77. The number of likely N-dealkylation sites (tertiary alicyclic amines) is 1. The van der Waals surface area contributed by atoms with Crippen LogP contribution in [-0.2, 0) is 11.2 Å². The van der Waals surface area contributed by atoms with E-state index in [0.29, 0.717) is 36.6 Å². The van der Waals surface area contributed by atoms with E-state index in [-0.39, 0.29) is 24.2 Å². The summed E-state index contributed by atoms with van der Waals surface area (Å²) in [6.45, 7) is 1.13. The van der Waals surface area contributed by atoms with Gasteiger partial charge in [0.05, 0.1) is 6.04 Å². The average Bonchev–Trinajstić information content (AvgIpc) is 3.11. The van der Waals surface area contributed by atoms with Crippen molar-refractivity contribution in [1.82, 2.24) is 4.90 Å². The van der Waals surface area contributed by atoms with Crippen molar-refractivity contribution < 1.29 is 13.9 Å². The first-order valence-corrected chi connectivity index (χ1v) is 9.29. The molecule has 27 heavy (non-hydrogen) atoms. The van der Waals surface area contributed by atoms with Gasteiger partial charge in [0.2, 0.25) is 5.91 Å². The summed E-state index contributed by atoms with van der Waals surface area (Å²) in [4.78, 5) is 14.5. The van der Waals surface area contributed by atoms with Crippen LogP contribution >= 0.6 is 0 Å². The van der Waals surface area contributed by atoms with Crippen molar-refractivity contribution in [2.45, 2.75) is 37.8 Å². The Morgan fingerprint density at radius 2 is 2.07 bits per heavy atom. The quantitative estimate of drug-likeness (QED) is 0.733. The molecule has 2 atom stereocenters. The number of hydrogen-bond acceptors (Lipinski definition) is 4. The maximum Gasteiger partial charge on any atom is 0.224 e. The topological polar surface area (TPSA) is 81.6 Å². The van der Waals surface area contributed by atoms with E-state index < -0.39 is 6.04 Å². The molecule has 0 saturated carbocycles. The molecule has 0 bridgehead atoms. The van der Waals surface area contributed by atoms with Gasteiger partial charge in [0, 0.05) is 30.8 Å². The van der Waals surface area contributed by atoms with Gasteiger partial charge in [-0.2, -0.15) is 0 Å². The lowest BCUT2D eigenvalue weighted by molar-refractivity contribution is -0.132. The minimum atomic E-state index is -0.412. The van der Waals surface area contributed by atoms with Gasteiger partial charge in [-0.25, -0.2) is 4.39 Å². The number of rotatable bonds is 7. The van der Waals surface area contributed by atoms with Crippen LogP contribution in [0.25, 0.3) is 0 Å². The van der Waals surface area contributed by atoms with Crippen molar-refractivity contribution in [2.75, 3.05) is 18.9 Å². The monoisotopic (exact) mass is 371 g/mol. The fourth-order valence-electron chi connectivity index (χ4n) is 3.49. The van der Waals surface area contributed by atoms with Crippen LogP contribution in [0.5, 0.6) is 5.75 Å². The van der Waals surface area contributed by atoms with Gasteiger partial charge >= 0.3 is 0 Å². The van der Waals surface area contributed by atoms with Gasteiger partial charge in [-0.3, -0.25) is 4.79 Å². The summed E-state index contributed by atoms with van der Waals surface area (Å²) in [5.74, 6) is 0.415. The van der Waals surface area contributed by atoms with Crippen molar-refractivity contribution in [2.24, 2.45) is 5.73 Å². The molecular weight excluding hydrogens is 345 g/mol. The summed E-state index contributed by atoms with van der Waals surface area (Å²) in [7, 11) is 0. The van der Waals surface area contributed by atoms with Gasteiger partial charge < -0.3 is 21.1 Å². The Kier molecular flexibility index (Phi) is 6.29. The molecule has 2 aromatic rings. The van der Waals surface area contributed by atoms with Gasteiger partial charge in [0.15, 0.2) is 0 Å². The van der Waals surface area contributed by atoms with E-state index >= 15 is 0 Å². The van der Waals surface area contributed by atoms with Gasteiger partial charge in [-0.15, -0.1) is 0 Å². The third kappa shape index (κ3) is 5.20. The SMILES string of the molecule is Nc1cccc(OC[C@@H]2CCCN2C(=O)C[C@H](N)Cc2ccccc2F)c1. The maximum atomic E-state index is 13.8. The molecule has 1 aliphatic heterocycles. The van der Waals surface area contributed by atoms with Crippen LogP contribution in [0.15, 0.2) is 48.5 Å². The largest absolute Gasteiger partial charge is 0.491 e. The van der Waals surface area contributed by atoms with E-state index in [1.807, 2.05) is 17.0 Å². The molecule has 1 saturated heterocycles. The van der Waals surface area contributed by atoms with E-state index in [0.717, 1.165) is 12.8 Å². The molecule has 1 aliphatic rings. The number of anilines is 1. The second-order valence-corrected chi connectivity index (χ2v) is 7.03. The number of carbonyl (C=O) groups is 1. The fraction of sp³-hybridized carbons (Fsp3) is 0.381. The summed E-state index contributed by atoms with van der Waals surface area (Å²) >= 11 is 0. The van der Waals surface area contributed by atoms with Gasteiger partial charge in [-0.05, 0) is 43.0 Å². The highest BCUT2D eigenvalue weighted by Gasteiger charge is 2.30. The number of nitrogens with two attached hydrogens (primary N) is 2. The predicted octanol–water partition coefficient (Wildman–Crippen LogP) is 2.74. The molecule has 6 heteroatoms. The summed E-state index contributed by atoms with van der Waals surface area (Å²) < 4.78 is 19.6. The molecule has 4 N–H and O–H groups in total. The van der Waals surface area contributed by atoms with Gasteiger partial charge in [-0.1, -0.05) is 24.3 Å². The minimum Gasteiger partial charge on any atom is -0.491 e. The maximum absolute atomic E-state index is 13.8. The Hall–Kier alpha value is -2.60. The molecular formula is C21H26FN3O2. The van der Waals surface area contributed by atoms with E-state index in [2.05, 4.69) is 0 Å². The standard InChI is InChI=1S/C21H26FN3O2/c22-20-9-2-1-5-15(20)11-17(24)13-21(26)25-10-4-7-18(25)14-27-19-8-3-6-16(23)12-19/h1-3,5-6,8-9,12,17-18H,4,7,10-11,13-14,23-24H2/t17-,18+/m1/s1. The molecule has 0 spiro atoms. The lowest BCUT2D eigenvalue weighted by atomic mass is 10.0. The summed E-state index contributed by atoms with van der Waals surface area (Å²) in [5, 5.41) is 0. The first kappa shape index (κ1) is 19.2. The smallest absolute Gasteiger partial charge is 0.224 e. The highest BCUT2D eigenvalue weighted by Crippen LogP contribution is 2.22. The van der Waals surface area contributed by atoms with E-state index in [1.165, 1.54) is 6.07 Å². The number of carbonyl (C=O) groups excluding carboxylic acids is 1. The van der Waals surface area contributed by atoms with Crippen molar-refractivity contribution in [1.29, 1.82) is 0 Å². The molecule has 3 rings (SSSR count). The molecule has 1 fully saturated rings. The number of nitrogen functional groups attached to an aromatic ring is 1. The first-order chi connectivity index (χ1) is 13.0. The van der Waals surface area contributed by atoms with Crippen LogP contribution in [-0.4, -0.2) is 36.0 Å². The zero-order valence-electron chi connectivity index (χ0n) is 15.3. The third-order valence-electron chi connectivity index (χ3n) is 4.87. The zero-order chi connectivity index (χ0) is 19.2. The Bertz CT molecular complexity index is 784. The van der Waals surface area contributed by atoms with Crippen LogP contribution in [0, 0.1) is 5.82 Å². The molecule has 1 heterocycles. The van der Waals surface area contributed by atoms with Crippen LogP contribution in [0.2, 0.25) is 0 Å². The molecule has 1 amide bonds. The third-order valence-corrected chi connectivity index (χ3v) is 4.87. The summed E-state index contributed by atoms with van der Waals surface area (Å²) in [5.41, 5.74) is 13.1. The predicted molar refractivity (Wildman–Crippen MR) is 104 cm³/mol. The lowest BCUT2D eigenvalue weighted by Crippen LogP contribution is -2.42. The van der Waals surface area contributed by atoms with Crippen LogP contribution < -0.4 is 16.2 Å². The zero-order valence-corrected chi connectivity index (χ0v) is 15.3. The lowest BCUT2D eigenvalue weighted by Gasteiger charge is -2.26. The van der Waals surface area contributed by atoms with Crippen molar-refractivity contribution in [3.05, 3.63) is 59.9 Å². The number of ether oxygens (including phenoxy) is 1. The number of halogens is 1. The summed E-state index contributed by atoms with van der Waals surface area (Å²) in [6, 6.07) is 13.4. The Balaban J connectivity index is 1.53. The Morgan fingerprint density at radius 3 is 2.85 bits per heavy atom. The van der Waals surface area contributed by atoms with E-state index in [4.69, 9.17) is 16.2 Å². The summed E-state index contributed by atoms with van der Waals surface area (Å²) in [6.07, 6.45) is 2.38. The van der Waals surface area contributed by atoms with E-state index in [9.17, 15) is 9.18 Å². The Morgan fingerprint density at radius 1 is 1.26 bits per heavy atom. The number of benzene rings is 2. The molecule has 0 unspecified atom stereocenters. The van der Waals surface area contributed by atoms with Crippen LogP contribution in [0.1, 0.15) is 24.8 Å². The molecule has 0 radical (unpaired) electrons. The second kappa shape index (κ2) is 8.86. The average molecular weight is 371 g/mol. The molecule has 0 aromatic heterocycles. The van der Waals surface area contributed by atoms with E-state index in [1.54, 1.807) is 30.3 Å². The molecule has 5 nitrogen and oxygen atoms in total. The van der Waals surface area contributed by atoms with Crippen molar-refractivity contribution in [3.8, 4) is 5.75 Å². The van der Waals surface area contributed by atoms with Crippen LogP contribution in [0.4, 0.5) is 10.1 Å². The normalized spacial score (nSPS) is 17.7. The Labute approximate surface area is 159 Å².